The summed E-state index contributed by atoms with van der Waals surface area (Å²) in [7, 11) is 0. The highest BCUT2D eigenvalue weighted by Crippen LogP contribution is 2.24. The van der Waals surface area contributed by atoms with Crippen molar-refractivity contribution in [3.63, 3.8) is 0 Å². The summed E-state index contributed by atoms with van der Waals surface area (Å²) in [6, 6.07) is 28.2. The summed E-state index contributed by atoms with van der Waals surface area (Å²) >= 11 is 3.40. The van der Waals surface area contributed by atoms with Crippen LogP contribution in [0.1, 0.15) is 13.9 Å². The summed E-state index contributed by atoms with van der Waals surface area (Å²) in [6.07, 6.45) is 0.349. The predicted octanol–water partition coefficient (Wildman–Crippen LogP) is 7.00. The lowest BCUT2D eigenvalue weighted by Gasteiger charge is -2.18. The summed E-state index contributed by atoms with van der Waals surface area (Å²) in [4.78, 5) is 14.8. The number of aryl methyl sites for hydroxylation is 1. The summed E-state index contributed by atoms with van der Waals surface area (Å²) in [5.41, 5.74) is 1.98. The Morgan fingerprint density at radius 2 is 1.38 bits per heavy atom. The van der Waals surface area contributed by atoms with Gasteiger partial charge in [0.1, 0.15) is 6.10 Å². The number of amides is 1. The highest BCUT2D eigenvalue weighted by molar-refractivity contribution is 8.00. The van der Waals surface area contributed by atoms with Gasteiger partial charge in [-0.05, 0) is 48.4 Å². The molecule has 0 atom stereocenters. The Morgan fingerprint density at radius 3 is 1.86 bits per heavy atom. The smallest absolute Gasteiger partial charge is 0.411 e. The van der Waals surface area contributed by atoms with Crippen molar-refractivity contribution in [2.45, 2.75) is 29.2 Å². The zero-order valence-corrected chi connectivity index (χ0v) is 18.0. The molecular formula is C24H27NO2S2. The van der Waals surface area contributed by atoms with Crippen molar-refractivity contribution in [1.29, 1.82) is 0 Å². The number of carbonyl (C=O) groups excluding carboxylic acids is 1. The number of anilines is 1. The molecule has 3 nitrogen and oxygen atoms in total. The molecular weight excluding hydrogens is 398 g/mol. The molecule has 152 valence electrons. The van der Waals surface area contributed by atoms with E-state index >= 15 is 0 Å². The van der Waals surface area contributed by atoms with Crippen LogP contribution in [-0.2, 0) is 11.2 Å². The second-order valence-corrected chi connectivity index (χ2v) is 8.64. The lowest BCUT2D eigenvalue weighted by Crippen LogP contribution is -2.26. The molecule has 0 bridgehead atoms. The number of nitrogens with one attached hydrogen (secondary N) is 1. The molecule has 0 aromatic heterocycles. The zero-order valence-electron chi connectivity index (χ0n) is 16.4. The fraction of sp³-hybridized carbons (Fsp3) is 0.208. The highest BCUT2D eigenvalue weighted by Gasteiger charge is 2.16. The van der Waals surface area contributed by atoms with E-state index < -0.39 is 6.09 Å². The topological polar surface area (TPSA) is 38.3 Å². The van der Waals surface area contributed by atoms with Crippen molar-refractivity contribution in [3.05, 3.63) is 90.5 Å². The van der Waals surface area contributed by atoms with Crippen LogP contribution < -0.4 is 5.32 Å². The molecule has 0 fully saturated rings. The predicted molar refractivity (Wildman–Crippen MR) is 126 cm³/mol. The monoisotopic (exact) mass is 425 g/mol. The van der Waals surface area contributed by atoms with Crippen LogP contribution in [0, 0.1) is 0 Å². The van der Waals surface area contributed by atoms with Crippen LogP contribution in [-0.4, -0.2) is 23.7 Å². The molecule has 0 aliphatic rings. The Bertz CT molecular complexity index is 833. The molecule has 0 saturated heterocycles. The Kier molecular flexibility index (Phi) is 8.53. The number of hydrogen-bond acceptors (Lipinski definition) is 4. The van der Waals surface area contributed by atoms with E-state index in [-0.39, 0.29) is 7.53 Å². The second-order valence-electron chi connectivity index (χ2n) is 6.45. The molecule has 0 spiro atoms. The third-order valence-corrected chi connectivity index (χ3v) is 6.53. The molecule has 29 heavy (non-hydrogen) atoms. The minimum absolute atomic E-state index is 0. The molecule has 1 amide bonds. The first kappa shape index (κ1) is 21.3. The van der Waals surface area contributed by atoms with Crippen LogP contribution >= 0.6 is 23.5 Å². The third-order valence-electron chi connectivity index (χ3n) is 4.24. The maximum Gasteiger partial charge on any atom is 0.411 e. The number of ether oxygens (including phenoxy) is 1. The van der Waals surface area contributed by atoms with E-state index in [0.717, 1.165) is 12.1 Å². The van der Waals surface area contributed by atoms with Crippen LogP contribution in [0.5, 0.6) is 0 Å². The van der Waals surface area contributed by atoms with Gasteiger partial charge in [0.15, 0.2) is 0 Å². The largest absolute Gasteiger partial charge is 0.444 e. The molecule has 3 aromatic rings. The van der Waals surface area contributed by atoms with Crippen LogP contribution in [0.2, 0.25) is 0 Å². The Morgan fingerprint density at radius 1 is 0.862 bits per heavy atom. The number of rotatable bonds is 9. The fourth-order valence-corrected chi connectivity index (χ4v) is 4.63. The summed E-state index contributed by atoms with van der Waals surface area (Å²) in [6.45, 7) is 2.11. The van der Waals surface area contributed by atoms with Gasteiger partial charge in [-0.15, -0.1) is 23.5 Å². The van der Waals surface area contributed by atoms with Crippen LogP contribution in [0.25, 0.3) is 0 Å². The van der Waals surface area contributed by atoms with Gasteiger partial charge in [0.05, 0.1) is 0 Å². The van der Waals surface area contributed by atoms with E-state index in [1.54, 1.807) is 23.5 Å². The van der Waals surface area contributed by atoms with Gasteiger partial charge in [0.2, 0.25) is 0 Å². The third kappa shape index (κ3) is 7.52. The molecule has 0 saturated carbocycles. The Labute approximate surface area is 182 Å². The van der Waals surface area contributed by atoms with E-state index in [2.05, 4.69) is 36.5 Å². The Hall–Kier alpha value is -2.37. The van der Waals surface area contributed by atoms with Crippen molar-refractivity contribution in [2.75, 3.05) is 16.8 Å². The molecule has 0 radical (unpaired) electrons. The van der Waals surface area contributed by atoms with Gasteiger partial charge in [-0.25, -0.2) is 4.79 Å². The molecule has 3 rings (SSSR count). The average molecular weight is 426 g/mol. The fourth-order valence-electron chi connectivity index (χ4n) is 2.65. The van der Waals surface area contributed by atoms with E-state index in [9.17, 15) is 4.79 Å². The van der Waals surface area contributed by atoms with Crippen molar-refractivity contribution in [2.24, 2.45) is 0 Å². The lowest BCUT2D eigenvalue weighted by atomic mass is 10.1. The zero-order chi connectivity index (χ0) is 20.3. The van der Waals surface area contributed by atoms with Gasteiger partial charge < -0.3 is 4.74 Å². The molecule has 0 heterocycles. The quantitative estimate of drug-likeness (QED) is 0.375. The minimum Gasteiger partial charge on any atom is -0.444 e. The molecule has 3 aromatic carbocycles. The standard InChI is InChI=1S/C24H25NO2S2.H2/c1-2-19-13-15-20(16-14-19)25-24(26)27-21(17-28-22-9-5-3-6-10-22)18-29-23-11-7-4-8-12-23;/h3-16,21H,2,17-18H2,1H3,(H,25,26);1H. The summed E-state index contributed by atoms with van der Waals surface area (Å²) in [5.74, 6) is 1.40. The van der Waals surface area contributed by atoms with Gasteiger partial charge in [-0.3, -0.25) is 5.32 Å². The van der Waals surface area contributed by atoms with Crippen LogP contribution in [0.4, 0.5) is 10.5 Å². The second kappa shape index (κ2) is 11.6. The number of carbonyl (C=O) groups is 1. The SMILES string of the molecule is CCc1ccc(NC(=O)OC(CSc2ccccc2)CSc2ccccc2)cc1.[HH]. The van der Waals surface area contributed by atoms with Crippen molar-refractivity contribution in [1.82, 2.24) is 0 Å². The molecule has 0 aliphatic heterocycles. The summed E-state index contributed by atoms with van der Waals surface area (Å²) < 4.78 is 5.76. The van der Waals surface area contributed by atoms with Gasteiger partial charge in [-0.2, -0.15) is 0 Å². The number of thioether (sulfide) groups is 2. The maximum atomic E-state index is 12.4. The van der Waals surface area contributed by atoms with E-state index in [0.29, 0.717) is 11.5 Å². The van der Waals surface area contributed by atoms with Gasteiger partial charge in [0, 0.05) is 28.4 Å². The van der Waals surface area contributed by atoms with Crippen molar-refractivity contribution >= 4 is 35.3 Å². The molecule has 1 N–H and O–H groups in total. The first-order valence-electron chi connectivity index (χ1n) is 9.65. The van der Waals surface area contributed by atoms with Gasteiger partial charge in [-0.1, -0.05) is 55.5 Å². The minimum atomic E-state index is -0.415. The molecule has 5 heteroatoms. The first-order chi connectivity index (χ1) is 14.2. The highest BCUT2D eigenvalue weighted by atomic mass is 32.2. The van der Waals surface area contributed by atoms with Crippen molar-refractivity contribution < 1.29 is 11.0 Å². The van der Waals surface area contributed by atoms with E-state index in [1.807, 2.05) is 60.7 Å². The van der Waals surface area contributed by atoms with Crippen LogP contribution in [0.3, 0.4) is 0 Å². The van der Waals surface area contributed by atoms with Gasteiger partial charge >= 0.3 is 6.09 Å². The van der Waals surface area contributed by atoms with Crippen LogP contribution in [0.15, 0.2) is 94.7 Å². The van der Waals surface area contributed by atoms with Gasteiger partial charge in [0.25, 0.3) is 0 Å². The number of hydrogen-bond donors (Lipinski definition) is 1. The lowest BCUT2D eigenvalue weighted by molar-refractivity contribution is 0.134. The van der Waals surface area contributed by atoms with Crippen molar-refractivity contribution in [3.8, 4) is 0 Å². The number of benzene rings is 3. The molecule has 0 aliphatic carbocycles. The molecule has 0 unspecified atom stereocenters. The van der Waals surface area contributed by atoms with E-state index in [4.69, 9.17) is 4.74 Å². The van der Waals surface area contributed by atoms with E-state index in [1.165, 1.54) is 15.4 Å². The Balaban J connectivity index is 0.00000320. The maximum absolute atomic E-state index is 12.4. The summed E-state index contributed by atoms with van der Waals surface area (Å²) in [5, 5.41) is 2.84. The normalized spacial score (nSPS) is 10.7. The first-order valence-corrected chi connectivity index (χ1v) is 11.6. The average Bonchev–Trinajstić information content (AvgIpc) is 2.77.